The van der Waals surface area contributed by atoms with E-state index in [4.69, 9.17) is 10.00 Å². The van der Waals surface area contributed by atoms with Crippen molar-refractivity contribution >= 4 is 45.1 Å². The fraction of sp³-hybridized carbons (Fsp3) is 0.240. The van der Waals surface area contributed by atoms with Crippen LogP contribution in [0.15, 0.2) is 36.0 Å². The number of nitrogens with zero attached hydrogens (tertiary/aromatic N) is 5. The van der Waals surface area contributed by atoms with Crippen LogP contribution in [0.25, 0.3) is 15.7 Å². The number of fused-ring (bicyclic) bond motifs is 2. The van der Waals surface area contributed by atoms with Crippen molar-refractivity contribution in [2.45, 2.75) is 25.5 Å². The quantitative estimate of drug-likeness (QED) is 0.388. The van der Waals surface area contributed by atoms with E-state index in [-0.39, 0.29) is 18.2 Å². The maximum atomic E-state index is 13.2. The molecule has 186 valence electrons. The van der Waals surface area contributed by atoms with Gasteiger partial charge < -0.3 is 20.1 Å². The fourth-order valence-electron chi connectivity index (χ4n) is 3.63. The molecule has 1 aromatic carbocycles. The Balaban J connectivity index is 1.35. The molecule has 1 aliphatic rings. The van der Waals surface area contributed by atoms with Gasteiger partial charge in [-0.05, 0) is 32.0 Å². The topological polar surface area (TPSA) is 133 Å². The Hall–Kier alpha value is -4.23. The van der Waals surface area contributed by atoms with Crippen LogP contribution < -0.4 is 15.0 Å². The van der Waals surface area contributed by atoms with Gasteiger partial charge >= 0.3 is 0 Å². The third kappa shape index (κ3) is 4.90. The SMILES string of the molecule is CN1C(=O)[C@@H](NC(=O)c2cn3c(-c4ncc(C#N)s4)csc3n2)COc2ccc(C#CC(C)(C)O)cc21. The highest BCUT2D eigenvalue weighted by molar-refractivity contribution is 7.17. The van der Waals surface area contributed by atoms with Crippen LogP contribution >= 0.6 is 22.7 Å². The molecule has 1 aliphatic heterocycles. The van der Waals surface area contributed by atoms with Crippen molar-refractivity contribution in [1.82, 2.24) is 19.7 Å². The molecule has 10 nitrogen and oxygen atoms in total. The number of amides is 2. The van der Waals surface area contributed by atoms with E-state index < -0.39 is 17.6 Å². The molecule has 0 bridgehead atoms. The summed E-state index contributed by atoms with van der Waals surface area (Å²) in [5, 5.41) is 24.2. The van der Waals surface area contributed by atoms with E-state index in [9.17, 15) is 14.7 Å². The summed E-state index contributed by atoms with van der Waals surface area (Å²) in [5.74, 6) is 5.25. The molecule has 1 atom stereocenters. The molecule has 0 unspecified atom stereocenters. The molecule has 5 rings (SSSR count). The Morgan fingerprint density at radius 2 is 2.19 bits per heavy atom. The number of rotatable bonds is 3. The summed E-state index contributed by atoms with van der Waals surface area (Å²) in [7, 11) is 1.60. The van der Waals surface area contributed by atoms with Gasteiger partial charge in [0.1, 0.15) is 45.6 Å². The first-order valence-corrected chi connectivity index (χ1v) is 12.8. The molecule has 3 aromatic heterocycles. The summed E-state index contributed by atoms with van der Waals surface area (Å²) in [4.78, 5) is 37.4. The number of carbonyl (C=O) groups excluding carboxylic acids is 2. The third-order valence-corrected chi connectivity index (χ3v) is 7.21. The Bertz CT molecular complexity index is 1640. The Labute approximate surface area is 219 Å². The van der Waals surface area contributed by atoms with Crippen LogP contribution in [-0.4, -0.2) is 56.6 Å². The van der Waals surface area contributed by atoms with E-state index in [0.717, 1.165) is 5.69 Å². The summed E-state index contributed by atoms with van der Waals surface area (Å²) >= 11 is 2.59. The largest absolute Gasteiger partial charge is 0.489 e. The number of likely N-dealkylation sites (N-methyl/N-ethyl adjacent to an activating group) is 1. The van der Waals surface area contributed by atoms with Crippen LogP contribution in [0, 0.1) is 23.2 Å². The smallest absolute Gasteiger partial charge is 0.272 e. The summed E-state index contributed by atoms with van der Waals surface area (Å²) in [6, 6.07) is 6.28. The zero-order valence-electron chi connectivity index (χ0n) is 20.0. The van der Waals surface area contributed by atoms with Crippen LogP contribution in [-0.2, 0) is 4.79 Å². The predicted octanol–water partition coefficient (Wildman–Crippen LogP) is 2.67. The minimum absolute atomic E-state index is 0.0554. The van der Waals surface area contributed by atoms with Gasteiger partial charge in [0, 0.05) is 24.2 Å². The molecule has 4 heterocycles. The highest BCUT2D eigenvalue weighted by atomic mass is 32.1. The zero-order chi connectivity index (χ0) is 26.3. The molecular formula is C25H20N6O4S2. The maximum absolute atomic E-state index is 13.2. The minimum atomic E-state index is -1.15. The molecular weight excluding hydrogens is 512 g/mol. The summed E-state index contributed by atoms with van der Waals surface area (Å²) in [6.07, 6.45) is 3.08. The van der Waals surface area contributed by atoms with Crippen LogP contribution in [0.5, 0.6) is 5.75 Å². The lowest BCUT2D eigenvalue weighted by atomic mass is 10.1. The van der Waals surface area contributed by atoms with Gasteiger partial charge in [-0.1, -0.05) is 11.8 Å². The first-order valence-electron chi connectivity index (χ1n) is 11.1. The molecule has 0 saturated heterocycles. The number of nitriles is 1. The van der Waals surface area contributed by atoms with Gasteiger partial charge in [-0.15, -0.1) is 22.7 Å². The number of nitrogens with one attached hydrogen (secondary N) is 1. The van der Waals surface area contributed by atoms with Gasteiger partial charge in [0.05, 0.1) is 17.6 Å². The molecule has 0 radical (unpaired) electrons. The number of thiazole rings is 2. The number of hydrogen-bond acceptors (Lipinski definition) is 9. The van der Waals surface area contributed by atoms with Gasteiger partial charge in [0.25, 0.3) is 11.8 Å². The number of ether oxygens (including phenoxy) is 1. The van der Waals surface area contributed by atoms with Crippen molar-refractivity contribution < 1.29 is 19.4 Å². The molecule has 37 heavy (non-hydrogen) atoms. The predicted molar refractivity (Wildman–Crippen MR) is 139 cm³/mol. The first-order chi connectivity index (χ1) is 17.6. The van der Waals surface area contributed by atoms with E-state index in [2.05, 4.69) is 33.2 Å². The van der Waals surface area contributed by atoms with E-state index in [1.54, 1.807) is 49.7 Å². The van der Waals surface area contributed by atoms with Crippen molar-refractivity contribution in [3.05, 3.63) is 52.1 Å². The maximum Gasteiger partial charge on any atom is 0.272 e. The normalized spacial score (nSPS) is 15.3. The van der Waals surface area contributed by atoms with E-state index in [1.807, 2.05) is 5.38 Å². The second-order valence-electron chi connectivity index (χ2n) is 8.77. The van der Waals surface area contributed by atoms with Gasteiger partial charge in [0.15, 0.2) is 4.96 Å². The van der Waals surface area contributed by atoms with Crippen molar-refractivity contribution in [1.29, 1.82) is 5.26 Å². The molecule has 0 aliphatic carbocycles. The summed E-state index contributed by atoms with van der Waals surface area (Å²) in [6.45, 7) is 3.12. The number of carbonyl (C=O) groups is 2. The number of hydrogen-bond donors (Lipinski definition) is 2. The number of benzene rings is 1. The third-order valence-electron chi connectivity index (χ3n) is 5.45. The average Bonchev–Trinajstić information content (AvgIpc) is 3.58. The van der Waals surface area contributed by atoms with Crippen LogP contribution in [0.4, 0.5) is 5.69 Å². The van der Waals surface area contributed by atoms with Crippen molar-refractivity contribution in [2.24, 2.45) is 0 Å². The second-order valence-corrected chi connectivity index (χ2v) is 10.6. The molecule has 0 saturated carbocycles. The van der Waals surface area contributed by atoms with Crippen molar-refractivity contribution in [3.63, 3.8) is 0 Å². The van der Waals surface area contributed by atoms with E-state index in [0.29, 0.717) is 31.8 Å². The first kappa shape index (κ1) is 24.5. The fourth-order valence-corrected chi connectivity index (χ4v) is 5.29. The molecule has 12 heteroatoms. The number of anilines is 1. The van der Waals surface area contributed by atoms with Gasteiger partial charge in [0.2, 0.25) is 0 Å². The van der Waals surface area contributed by atoms with Gasteiger partial charge in [-0.2, -0.15) is 5.26 Å². The second kappa shape index (κ2) is 9.33. The van der Waals surface area contributed by atoms with Crippen LogP contribution in [0.1, 0.15) is 34.8 Å². The lowest BCUT2D eigenvalue weighted by Gasteiger charge is -2.20. The monoisotopic (exact) mass is 532 g/mol. The lowest BCUT2D eigenvalue weighted by molar-refractivity contribution is -0.120. The zero-order valence-corrected chi connectivity index (χ0v) is 21.6. The Morgan fingerprint density at radius 3 is 2.92 bits per heavy atom. The van der Waals surface area contributed by atoms with E-state index >= 15 is 0 Å². The van der Waals surface area contributed by atoms with Gasteiger partial charge in [-0.3, -0.25) is 14.0 Å². The number of aromatic nitrogens is 3. The molecule has 0 spiro atoms. The van der Waals surface area contributed by atoms with E-state index in [1.165, 1.54) is 33.8 Å². The molecule has 0 fully saturated rings. The molecule has 4 aromatic rings. The van der Waals surface area contributed by atoms with Crippen LogP contribution in [0.2, 0.25) is 0 Å². The molecule has 2 amide bonds. The average molecular weight is 533 g/mol. The summed E-state index contributed by atoms with van der Waals surface area (Å²) < 4.78 is 7.58. The van der Waals surface area contributed by atoms with Crippen LogP contribution in [0.3, 0.4) is 0 Å². The summed E-state index contributed by atoms with van der Waals surface area (Å²) in [5.41, 5.74) is 0.847. The van der Waals surface area contributed by atoms with Gasteiger partial charge in [-0.25, -0.2) is 9.97 Å². The number of imidazole rings is 1. The van der Waals surface area contributed by atoms with Crippen molar-refractivity contribution in [3.8, 4) is 34.4 Å². The lowest BCUT2D eigenvalue weighted by Crippen LogP contribution is -2.49. The number of aliphatic hydroxyl groups is 1. The highest BCUT2D eigenvalue weighted by Crippen LogP contribution is 2.32. The minimum Gasteiger partial charge on any atom is -0.489 e. The Kier molecular flexibility index (Phi) is 6.17. The standard InChI is InChI=1S/C25H20N6O4S2/c1-25(2,34)7-6-14-4-5-20-18(8-14)30(3)23(33)17(12-35-20)28-21(32)16-11-31-19(13-36-24(31)29-16)22-27-10-15(9-26)37-22/h4-5,8,10-11,13,17,34H,12H2,1-3H3,(H,28,32)/t17-/m0/s1. The van der Waals surface area contributed by atoms with Crippen molar-refractivity contribution in [2.75, 3.05) is 18.6 Å². The highest BCUT2D eigenvalue weighted by Gasteiger charge is 2.31. The Morgan fingerprint density at radius 1 is 1.38 bits per heavy atom. The molecule has 2 N–H and O–H groups in total.